The van der Waals surface area contributed by atoms with Crippen LogP contribution in [-0.4, -0.2) is 11.7 Å². The second kappa shape index (κ2) is 4.52. The van der Waals surface area contributed by atoms with Crippen LogP contribution in [0.15, 0.2) is 18.2 Å². The van der Waals surface area contributed by atoms with Gasteiger partial charge in [-0.1, -0.05) is 6.07 Å². The number of hydrogen-bond donors (Lipinski definition) is 1. The molecule has 0 heterocycles. The van der Waals surface area contributed by atoms with Crippen molar-refractivity contribution in [3.8, 4) is 17.6 Å². The van der Waals surface area contributed by atoms with Gasteiger partial charge in [0, 0.05) is 0 Å². The quantitative estimate of drug-likeness (QED) is 0.798. The Bertz CT molecular complexity index is 355. The summed E-state index contributed by atoms with van der Waals surface area (Å²) >= 11 is 0. The van der Waals surface area contributed by atoms with Crippen LogP contribution in [0.2, 0.25) is 0 Å². The topological polar surface area (TPSA) is 53.2 Å². The molecule has 0 aromatic heterocycles. The van der Waals surface area contributed by atoms with Crippen molar-refractivity contribution in [3.63, 3.8) is 0 Å². The van der Waals surface area contributed by atoms with E-state index in [0.29, 0.717) is 12.4 Å². The summed E-state index contributed by atoms with van der Waals surface area (Å²) in [6.07, 6.45) is 0. The summed E-state index contributed by atoms with van der Waals surface area (Å²) in [5, 5.41) is 18.1. The molecule has 0 aliphatic heterocycles. The molecule has 0 aliphatic carbocycles. The maximum Gasteiger partial charge on any atom is 0.161 e. The maximum absolute atomic E-state index is 9.41. The maximum atomic E-state index is 9.41. The molecular weight excluding hydrogens is 178 g/mol. The van der Waals surface area contributed by atoms with Gasteiger partial charge in [-0.2, -0.15) is 5.26 Å². The summed E-state index contributed by atoms with van der Waals surface area (Å²) in [6, 6.07) is 7.11. The third-order valence-corrected chi connectivity index (χ3v) is 1.98. The lowest BCUT2D eigenvalue weighted by atomic mass is 10.0. The van der Waals surface area contributed by atoms with E-state index in [4.69, 9.17) is 10.00 Å². The predicted octanol–water partition coefficient (Wildman–Crippen LogP) is 2.42. The number of phenolic OH excluding ortho intramolecular Hbond substituents is 1. The van der Waals surface area contributed by atoms with Crippen molar-refractivity contribution in [3.05, 3.63) is 23.8 Å². The fourth-order valence-electron chi connectivity index (χ4n) is 1.15. The average Bonchev–Trinajstić information content (AvgIpc) is 2.20. The highest BCUT2D eigenvalue weighted by molar-refractivity contribution is 5.43. The van der Waals surface area contributed by atoms with Gasteiger partial charge in [0.15, 0.2) is 11.5 Å². The number of hydrogen-bond acceptors (Lipinski definition) is 3. The molecule has 1 unspecified atom stereocenters. The van der Waals surface area contributed by atoms with E-state index >= 15 is 0 Å². The summed E-state index contributed by atoms with van der Waals surface area (Å²) in [5.74, 6) is 0.364. The summed E-state index contributed by atoms with van der Waals surface area (Å²) in [6.45, 7) is 4.15. The average molecular weight is 191 g/mol. The number of nitriles is 1. The highest BCUT2D eigenvalue weighted by Gasteiger charge is 2.08. The van der Waals surface area contributed by atoms with Crippen LogP contribution in [0.3, 0.4) is 0 Å². The van der Waals surface area contributed by atoms with Gasteiger partial charge in [-0.05, 0) is 31.5 Å². The Morgan fingerprint density at radius 1 is 1.57 bits per heavy atom. The van der Waals surface area contributed by atoms with E-state index in [2.05, 4.69) is 6.07 Å². The molecule has 1 atom stereocenters. The molecule has 3 nitrogen and oxygen atoms in total. The molecule has 0 amide bonds. The standard InChI is InChI=1S/C11H13NO2/c1-3-14-11-6-9(8(2)7-12)4-5-10(11)13/h4-6,8,13H,3H2,1-2H3. The first-order valence-corrected chi connectivity index (χ1v) is 4.54. The molecule has 0 fully saturated rings. The van der Waals surface area contributed by atoms with Gasteiger partial charge in [0.1, 0.15) is 0 Å². The minimum absolute atomic E-state index is 0.112. The lowest BCUT2D eigenvalue weighted by Crippen LogP contribution is -1.95. The first kappa shape index (κ1) is 10.4. The highest BCUT2D eigenvalue weighted by atomic mass is 16.5. The molecule has 0 radical (unpaired) electrons. The van der Waals surface area contributed by atoms with Crippen LogP contribution in [0.1, 0.15) is 25.3 Å². The predicted molar refractivity (Wildman–Crippen MR) is 53.3 cm³/mol. The van der Waals surface area contributed by atoms with Gasteiger partial charge >= 0.3 is 0 Å². The second-order valence-corrected chi connectivity index (χ2v) is 3.01. The first-order valence-electron chi connectivity index (χ1n) is 4.54. The van der Waals surface area contributed by atoms with Crippen LogP contribution in [0, 0.1) is 11.3 Å². The Morgan fingerprint density at radius 2 is 2.29 bits per heavy atom. The monoisotopic (exact) mass is 191 g/mol. The minimum Gasteiger partial charge on any atom is -0.504 e. The molecular formula is C11H13NO2. The van der Waals surface area contributed by atoms with Gasteiger partial charge in [-0.25, -0.2) is 0 Å². The van der Waals surface area contributed by atoms with E-state index in [-0.39, 0.29) is 11.7 Å². The van der Waals surface area contributed by atoms with Crippen molar-refractivity contribution in [2.24, 2.45) is 0 Å². The number of nitrogens with zero attached hydrogens (tertiary/aromatic N) is 1. The van der Waals surface area contributed by atoms with Crippen molar-refractivity contribution >= 4 is 0 Å². The smallest absolute Gasteiger partial charge is 0.161 e. The van der Waals surface area contributed by atoms with Crippen molar-refractivity contribution in [1.29, 1.82) is 5.26 Å². The van der Waals surface area contributed by atoms with Gasteiger partial charge in [0.2, 0.25) is 0 Å². The van der Waals surface area contributed by atoms with Crippen LogP contribution < -0.4 is 4.74 Å². The van der Waals surface area contributed by atoms with E-state index < -0.39 is 0 Å². The van der Waals surface area contributed by atoms with Gasteiger partial charge in [-0.15, -0.1) is 0 Å². The third-order valence-electron chi connectivity index (χ3n) is 1.98. The highest BCUT2D eigenvalue weighted by Crippen LogP contribution is 2.29. The molecule has 0 bridgehead atoms. The molecule has 0 saturated heterocycles. The van der Waals surface area contributed by atoms with Crippen LogP contribution >= 0.6 is 0 Å². The zero-order chi connectivity index (χ0) is 10.6. The lowest BCUT2D eigenvalue weighted by molar-refractivity contribution is 0.317. The van der Waals surface area contributed by atoms with E-state index in [9.17, 15) is 5.11 Å². The molecule has 0 spiro atoms. The largest absolute Gasteiger partial charge is 0.504 e. The Hall–Kier alpha value is -1.69. The number of rotatable bonds is 3. The molecule has 0 saturated carbocycles. The fourth-order valence-corrected chi connectivity index (χ4v) is 1.15. The molecule has 1 rings (SSSR count). The molecule has 0 aliphatic rings. The van der Waals surface area contributed by atoms with E-state index in [1.807, 2.05) is 13.8 Å². The van der Waals surface area contributed by atoms with Crippen LogP contribution in [0.4, 0.5) is 0 Å². The summed E-state index contributed by atoms with van der Waals surface area (Å²) in [4.78, 5) is 0. The van der Waals surface area contributed by atoms with Gasteiger partial charge in [0.25, 0.3) is 0 Å². The van der Waals surface area contributed by atoms with Crippen molar-refractivity contribution in [2.45, 2.75) is 19.8 Å². The van der Waals surface area contributed by atoms with Gasteiger partial charge < -0.3 is 9.84 Å². The zero-order valence-electron chi connectivity index (χ0n) is 8.32. The van der Waals surface area contributed by atoms with Crippen molar-refractivity contribution in [2.75, 3.05) is 6.61 Å². The minimum atomic E-state index is -0.185. The zero-order valence-corrected chi connectivity index (χ0v) is 8.32. The second-order valence-electron chi connectivity index (χ2n) is 3.01. The fraction of sp³-hybridized carbons (Fsp3) is 0.364. The van der Waals surface area contributed by atoms with E-state index in [1.165, 1.54) is 0 Å². The number of phenols is 1. The Balaban J connectivity index is 3.01. The van der Waals surface area contributed by atoms with Gasteiger partial charge in [-0.3, -0.25) is 0 Å². The molecule has 74 valence electrons. The van der Waals surface area contributed by atoms with E-state index in [1.54, 1.807) is 18.2 Å². The SMILES string of the molecule is CCOc1cc(C(C)C#N)ccc1O. The van der Waals surface area contributed by atoms with E-state index in [0.717, 1.165) is 5.56 Å². The molecule has 14 heavy (non-hydrogen) atoms. The lowest BCUT2D eigenvalue weighted by Gasteiger charge is -2.08. The molecule has 1 N–H and O–H groups in total. The Labute approximate surface area is 83.6 Å². The van der Waals surface area contributed by atoms with Gasteiger partial charge in [0.05, 0.1) is 18.6 Å². The summed E-state index contributed by atoms with van der Waals surface area (Å²) < 4.78 is 5.21. The number of benzene rings is 1. The number of aromatic hydroxyl groups is 1. The van der Waals surface area contributed by atoms with Crippen molar-refractivity contribution in [1.82, 2.24) is 0 Å². The number of ether oxygens (including phenoxy) is 1. The third kappa shape index (κ3) is 2.17. The molecule has 1 aromatic rings. The summed E-state index contributed by atoms with van der Waals surface area (Å²) in [5.41, 5.74) is 0.855. The van der Waals surface area contributed by atoms with Crippen LogP contribution in [0.5, 0.6) is 11.5 Å². The molecule has 3 heteroatoms. The molecule has 1 aromatic carbocycles. The van der Waals surface area contributed by atoms with Crippen LogP contribution in [0.25, 0.3) is 0 Å². The van der Waals surface area contributed by atoms with Crippen molar-refractivity contribution < 1.29 is 9.84 Å². The first-order chi connectivity index (χ1) is 6.69. The van der Waals surface area contributed by atoms with Crippen LogP contribution in [-0.2, 0) is 0 Å². The normalized spacial score (nSPS) is 11.8. The summed E-state index contributed by atoms with van der Waals surface area (Å²) in [7, 11) is 0. The Morgan fingerprint density at radius 3 is 2.86 bits per heavy atom. The Kier molecular flexibility index (Phi) is 3.35.